The number of nitrogens with two attached hydrogens (primary N) is 1. The van der Waals surface area contributed by atoms with Crippen LogP contribution in [0.4, 0.5) is 0 Å². The Bertz CT molecular complexity index is 465. The first kappa shape index (κ1) is 12.7. The minimum absolute atomic E-state index is 0.151. The fourth-order valence-corrected chi connectivity index (χ4v) is 1.99. The zero-order valence-electron chi connectivity index (χ0n) is 10.6. The van der Waals surface area contributed by atoms with Gasteiger partial charge in [0.25, 0.3) is 0 Å². The molecule has 3 N–H and O–H groups in total. The molecule has 0 saturated carbocycles. The van der Waals surface area contributed by atoms with Crippen LogP contribution in [0.3, 0.4) is 0 Å². The highest BCUT2D eigenvalue weighted by atomic mass is 15.2. The summed E-state index contributed by atoms with van der Waals surface area (Å²) in [4.78, 5) is 4.31. The molecule has 1 unspecified atom stereocenters. The van der Waals surface area contributed by atoms with Crippen molar-refractivity contribution in [2.75, 3.05) is 0 Å². The van der Waals surface area contributed by atoms with Crippen LogP contribution in [-0.4, -0.2) is 4.98 Å². The number of rotatable bonds is 5. The van der Waals surface area contributed by atoms with Crippen LogP contribution in [0, 0.1) is 6.92 Å². The summed E-state index contributed by atoms with van der Waals surface area (Å²) < 4.78 is 0. The van der Waals surface area contributed by atoms with E-state index in [1.54, 1.807) is 0 Å². The van der Waals surface area contributed by atoms with Gasteiger partial charge in [-0.25, -0.2) is 0 Å². The largest absolute Gasteiger partial charge is 0.271 e. The first-order valence-corrected chi connectivity index (χ1v) is 6.22. The lowest BCUT2D eigenvalue weighted by Gasteiger charge is -2.16. The molecule has 2 aromatic rings. The molecule has 0 aliphatic heterocycles. The molecule has 1 heterocycles. The van der Waals surface area contributed by atoms with Crippen LogP contribution in [-0.2, 0) is 6.42 Å². The number of hydrogen-bond donors (Lipinski definition) is 2. The molecule has 0 saturated heterocycles. The Balaban J connectivity index is 1.99. The van der Waals surface area contributed by atoms with Gasteiger partial charge < -0.3 is 0 Å². The van der Waals surface area contributed by atoms with Gasteiger partial charge in [-0.2, -0.15) is 0 Å². The number of nitrogens with one attached hydrogen (secondary N) is 1. The van der Waals surface area contributed by atoms with Gasteiger partial charge in [-0.05, 0) is 37.0 Å². The molecule has 1 atom stereocenters. The number of benzene rings is 1. The fraction of sp³-hybridized carbons (Fsp3) is 0.267. The van der Waals surface area contributed by atoms with Gasteiger partial charge in [0.15, 0.2) is 0 Å². The maximum absolute atomic E-state index is 5.63. The molecule has 2 rings (SSSR count). The van der Waals surface area contributed by atoms with E-state index in [0.717, 1.165) is 24.1 Å². The van der Waals surface area contributed by atoms with Gasteiger partial charge in [0.2, 0.25) is 0 Å². The Morgan fingerprint density at radius 2 is 1.94 bits per heavy atom. The average molecular weight is 241 g/mol. The molecular formula is C15H19N3. The molecule has 3 heteroatoms. The number of nitrogens with zero attached hydrogens (tertiary/aromatic N) is 1. The minimum atomic E-state index is 0.151. The van der Waals surface area contributed by atoms with Crippen molar-refractivity contribution in [2.24, 2.45) is 5.84 Å². The predicted molar refractivity (Wildman–Crippen MR) is 73.8 cm³/mol. The van der Waals surface area contributed by atoms with Crippen LogP contribution in [0.25, 0.3) is 0 Å². The number of hydrazine groups is 1. The summed E-state index contributed by atoms with van der Waals surface area (Å²) in [5, 5.41) is 0. The number of aromatic nitrogens is 1. The van der Waals surface area contributed by atoms with Gasteiger partial charge in [-0.3, -0.25) is 16.3 Å². The maximum atomic E-state index is 5.63. The Kier molecular flexibility index (Phi) is 4.45. The van der Waals surface area contributed by atoms with Crippen LogP contribution < -0.4 is 11.3 Å². The second-order valence-electron chi connectivity index (χ2n) is 4.48. The van der Waals surface area contributed by atoms with E-state index in [1.807, 2.05) is 25.3 Å². The van der Waals surface area contributed by atoms with E-state index in [9.17, 15) is 0 Å². The van der Waals surface area contributed by atoms with E-state index in [-0.39, 0.29) is 6.04 Å². The van der Waals surface area contributed by atoms with Crippen molar-refractivity contribution in [3.05, 3.63) is 65.5 Å². The number of hydrogen-bond acceptors (Lipinski definition) is 3. The number of aryl methyl sites for hydroxylation is 2. The molecule has 1 aromatic heterocycles. The Morgan fingerprint density at radius 3 is 2.56 bits per heavy atom. The van der Waals surface area contributed by atoms with Crippen LogP contribution in [0.2, 0.25) is 0 Å². The van der Waals surface area contributed by atoms with Crippen LogP contribution in [0.5, 0.6) is 0 Å². The molecule has 0 radical (unpaired) electrons. The van der Waals surface area contributed by atoms with Gasteiger partial charge in [-0.15, -0.1) is 0 Å². The Morgan fingerprint density at radius 1 is 1.17 bits per heavy atom. The average Bonchev–Trinajstić information content (AvgIpc) is 2.42. The van der Waals surface area contributed by atoms with Crippen LogP contribution in [0.1, 0.15) is 29.3 Å². The van der Waals surface area contributed by atoms with E-state index in [4.69, 9.17) is 5.84 Å². The third kappa shape index (κ3) is 3.39. The van der Waals surface area contributed by atoms with E-state index >= 15 is 0 Å². The van der Waals surface area contributed by atoms with Crippen molar-refractivity contribution in [3.8, 4) is 0 Å². The molecule has 3 nitrogen and oxygen atoms in total. The van der Waals surface area contributed by atoms with Gasteiger partial charge in [-0.1, -0.05) is 36.4 Å². The topological polar surface area (TPSA) is 50.9 Å². The summed E-state index contributed by atoms with van der Waals surface area (Å²) in [6.07, 6.45) is 3.86. The lowest BCUT2D eigenvalue weighted by atomic mass is 10.0. The molecule has 0 spiro atoms. The first-order chi connectivity index (χ1) is 8.79. The second-order valence-corrected chi connectivity index (χ2v) is 4.48. The monoisotopic (exact) mass is 241 g/mol. The molecule has 94 valence electrons. The van der Waals surface area contributed by atoms with Gasteiger partial charge in [0, 0.05) is 17.9 Å². The molecule has 0 fully saturated rings. The SMILES string of the molecule is Cc1ccc(C(CCc2ccccc2)NN)cn1. The van der Waals surface area contributed by atoms with Gasteiger partial charge in [0.05, 0.1) is 0 Å². The van der Waals surface area contributed by atoms with E-state index in [2.05, 4.69) is 40.7 Å². The van der Waals surface area contributed by atoms with Crippen molar-refractivity contribution < 1.29 is 0 Å². The highest BCUT2D eigenvalue weighted by molar-refractivity contribution is 5.19. The first-order valence-electron chi connectivity index (χ1n) is 6.22. The van der Waals surface area contributed by atoms with Gasteiger partial charge >= 0.3 is 0 Å². The molecule has 18 heavy (non-hydrogen) atoms. The van der Waals surface area contributed by atoms with Crippen molar-refractivity contribution in [2.45, 2.75) is 25.8 Å². The van der Waals surface area contributed by atoms with Crippen molar-refractivity contribution in [1.29, 1.82) is 0 Å². The summed E-state index contributed by atoms with van der Waals surface area (Å²) in [5.74, 6) is 5.63. The van der Waals surface area contributed by atoms with Crippen molar-refractivity contribution in [3.63, 3.8) is 0 Å². The second kappa shape index (κ2) is 6.28. The lowest BCUT2D eigenvalue weighted by Crippen LogP contribution is -2.28. The molecule has 0 bridgehead atoms. The smallest absolute Gasteiger partial charge is 0.0478 e. The van der Waals surface area contributed by atoms with Crippen molar-refractivity contribution in [1.82, 2.24) is 10.4 Å². The zero-order valence-corrected chi connectivity index (χ0v) is 10.6. The molecule has 1 aromatic carbocycles. The van der Waals surface area contributed by atoms with Crippen LogP contribution >= 0.6 is 0 Å². The maximum Gasteiger partial charge on any atom is 0.0478 e. The normalized spacial score (nSPS) is 12.3. The highest BCUT2D eigenvalue weighted by Gasteiger charge is 2.09. The summed E-state index contributed by atoms with van der Waals surface area (Å²) in [5.41, 5.74) is 6.36. The third-order valence-electron chi connectivity index (χ3n) is 3.10. The zero-order chi connectivity index (χ0) is 12.8. The van der Waals surface area contributed by atoms with Crippen molar-refractivity contribution >= 4 is 0 Å². The lowest BCUT2D eigenvalue weighted by molar-refractivity contribution is 0.515. The molecule has 0 amide bonds. The summed E-state index contributed by atoms with van der Waals surface area (Å²) in [6, 6.07) is 14.7. The molecule has 0 aliphatic rings. The number of pyridine rings is 1. The fourth-order valence-electron chi connectivity index (χ4n) is 1.99. The third-order valence-corrected chi connectivity index (χ3v) is 3.10. The molecule has 0 aliphatic carbocycles. The Labute approximate surface area is 108 Å². The van der Waals surface area contributed by atoms with Crippen LogP contribution in [0.15, 0.2) is 48.7 Å². The highest BCUT2D eigenvalue weighted by Crippen LogP contribution is 2.17. The van der Waals surface area contributed by atoms with E-state index in [0.29, 0.717) is 0 Å². The minimum Gasteiger partial charge on any atom is -0.271 e. The van der Waals surface area contributed by atoms with E-state index in [1.165, 1.54) is 5.56 Å². The summed E-state index contributed by atoms with van der Waals surface area (Å²) in [6.45, 7) is 1.98. The van der Waals surface area contributed by atoms with E-state index < -0.39 is 0 Å². The predicted octanol–water partition coefficient (Wildman–Crippen LogP) is 2.53. The summed E-state index contributed by atoms with van der Waals surface area (Å²) >= 11 is 0. The quantitative estimate of drug-likeness (QED) is 0.624. The standard InChI is InChI=1S/C15H19N3/c1-12-7-9-14(11-17-12)15(18-16)10-8-13-5-3-2-4-6-13/h2-7,9,11,15,18H,8,10,16H2,1H3. The van der Waals surface area contributed by atoms with Gasteiger partial charge in [0.1, 0.15) is 0 Å². The summed E-state index contributed by atoms with van der Waals surface area (Å²) in [7, 11) is 0. The molecular weight excluding hydrogens is 222 g/mol. The Hall–Kier alpha value is -1.71.